The van der Waals surface area contributed by atoms with Gasteiger partial charge in [0.05, 0.1) is 23.0 Å². The molecular formula is C26H24N6. The van der Waals surface area contributed by atoms with Crippen LogP contribution in [0.1, 0.15) is 30.9 Å². The maximum absolute atomic E-state index is 9.10. The second kappa shape index (κ2) is 7.38. The molecule has 0 saturated carbocycles. The first-order valence-electron chi connectivity index (χ1n) is 11.2. The van der Waals surface area contributed by atoms with E-state index in [4.69, 9.17) is 5.26 Å². The highest BCUT2D eigenvalue weighted by atomic mass is 15.3. The predicted molar refractivity (Wildman–Crippen MR) is 125 cm³/mol. The molecule has 1 saturated heterocycles. The summed E-state index contributed by atoms with van der Waals surface area (Å²) in [7, 11) is 0. The summed E-state index contributed by atoms with van der Waals surface area (Å²) in [4.78, 5) is 2.52. The van der Waals surface area contributed by atoms with Crippen molar-refractivity contribution in [2.24, 2.45) is 5.92 Å². The Labute approximate surface area is 187 Å². The van der Waals surface area contributed by atoms with E-state index in [-0.39, 0.29) is 0 Å². The van der Waals surface area contributed by atoms with Crippen molar-refractivity contribution in [3.8, 4) is 34.4 Å². The molecule has 0 radical (unpaired) electrons. The van der Waals surface area contributed by atoms with Gasteiger partial charge >= 0.3 is 0 Å². The van der Waals surface area contributed by atoms with Gasteiger partial charge in [0, 0.05) is 37.1 Å². The summed E-state index contributed by atoms with van der Waals surface area (Å²) in [6, 6.07) is 18.9. The Bertz CT molecular complexity index is 1340. The lowest BCUT2D eigenvalue weighted by molar-refractivity contribution is 0.569. The van der Waals surface area contributed by atoms with Crippen LogP contribution in [0.15, 0.2) is 61.1 Å². The zero-order valence-electron chi connectivity index (χ0n) is 18.1. The highest BCUT2D eigenvalue weighted by Crippen LogP contribution is 2.35. The lowest BCUT2D eigenvalue weighted by atomic mass is 10.1. The number of nitriles is 1. The van der Waals surface area contributed by atoms with Crippen LogP contribution in [-0.2, 0) is 6.54 Å². The number of fused-ring (bicyclic) bond motifs is 5. The molecule has 6 rings (SSSR count). The quantitative estimate of drug-likeness (QED) is 0.418. The van der Waals surface area contributed by atoms with Crippen molar-refractivity contribution in [2.45, 2.75) is 26.3 Å². The molecule has 1 atom stereocenters. The van der Waals surface area contributed by atoms with Gasteiger partial charge in [-0.1, -0.05) is 25.5 Å². The Morgan fingerprint density at radius 2 is 1.97 bits per heavy atom. The Hall–Kier alpha value is -3.85. The third-order valence-corrected chi connectivity index (χ3v) is 6.91. The molecule has 1 fully saturated rings. The monoisotopic (exact) mass is 420 g/mol. The summed E-state index contributed by atoms with van der Waals surface area (Å²) >= 11 is 0. The van der Waals surface area contributed by atoms with Gasteiger partial charge in [-0.15, -0.1) is 10.2 Å². The second-order valence-corrected chi connectivity index (χ2v) is 8.78. The lowest BCUT2D eigenvalue weighted by Gasteiger charge is -2.21. The van der Waals surface area contributed by atoms with Crippen LogP contribution >= 0.6 is 0 Å². The van der Waals surface area contributed by atoms with Crippen LogP contribution in [0.5, 0.6) is 0 Å². The van der Waals surface area contributed by atoms with Gasteiger partial charge in [-0.25, -0.2) is 0 Å². The van der Waals surface area contributed by atoms with Crippen LogP contribution < -0.4 is 4.90 Å². The average Bonchev–Trinajstić information content (AvgIpc) is 3.57. The number of nitrogens with zero attached hydrogens (tertiary/aromatic N) is 6. The smallest absolute Gasteiger partial charge is 0.185 e. The lowest BCUT2D eigenvalue weighted by Crippen LogP contribution is -2.19. The Kier molecular flexibility index (Phi) is 4.36. The summed E-state index contributed by atoms with van der Waals surface area (Å²) in [5.74, 6) is 1.65. The molecule has 2 aromatic carbocycles. The van der Waals surface area contributed by atoms with Crippen LogP contribution in [0.2, 0.25) is 0 Å². The molecule has 6 heteroatoms. The molecule has 2 aromatic heterocycles. The van der Waals surface area contributed by atoms with E-state index in [1.54, 1.807) is 6.33 Å². The molecule has 0 aliphatic carbocycles. The summed E-state index contributed by atoms with van der Waals surface area (Å²) in [5.41, 5.74) is 7.64. The number of rotatable bonds is 3. The number of hydrogen-bond acceptors (Lipinski definition) is 4. The molecule has 0 bridgehead atoms. The van der Waals surface area contributed by atoms with Crippen LogP contribution in [0.25, 0.3) is 28.3 Å². The van der Waals surface area contributed by atoms with Crippen molar-refractivity contribution in [3.05, 3.63) is 72.2 Å². The zero-order valence-corrected chi connectivity index (χ0v) is 18.1. The summed E-state index contributed by atoms with van der Waals surface area (Å²) in [5, 5.41) is 17.8. The van der Waals surface area contributed by atoms with Gasteiger partial charge in [0.1, 0.15) is 6.33 Å². The van der Waals surface area contributed by atoms with Gasteiger partial charge in [0.25, 0.3) is 0 Å². The SMILES string of the molecule is CCC1CCN(c2ccc3c(c2)Cn2cc(-c4ccc(C#N)cc4)cc2-c2nncn2-3)C1. The standard InChI is InChI=1S/C26H24N6/c1-2-18-9-10-30(14-18)23-7-8-24-22(11-23)16-31-15-21(20-5-3-19(13-27)4-6-20)12-25(31)26-29-28-17-32(24)26/h3-8,11-12,15,17-18H,2,9-10,14,16H2,1H3. The van der Waals surface area contributed by atoms with Crippen molar-refractivity contribution in [1.29, 1.82) is 5.26 Å². The van der Waals surface area contributed by atoms with E-state index in [0.29, 0.717) is 5.56 Å². The van der Waals surface area contributed by atoms with E-state index in [9.17, 15) is 0 Å². The highest BCUT2D eigenvalue weighted by molar-refractivity contribution is 5.72. The minimum atomic E-state index is 0.669. The topological polar surface area (TPSA) is 62.7 Å². The first-order valence-corrected chi connectivity index (χ1v) is 11.2. The van der Waals surface area contributed by atoms with E-state index in [1.807, 2.05) is 24.3 Å². The van der Waals surface area contributed by atoms with Gasteiger partial charge in [-0.2, -0.15) is 5.26 Å². The maximum Gasteiger partial charge on any atom is 0.185 e. The minimum Gasteiger partial charge on any atom is -0.371 e. The molecule has 158 valence electrons. The summed E-state index contributed by atoms with van der Waals surface area (Å²) in [6.07, 6.45) is 6.51. The van der Waals surface area contributed by atoms with Gasteiger partial charge < -0.3 is 9.47 Å². The predicted octanol–water partition coefficient (Wildman–Crippen LogP) is 4.87. The van der Waals surface area contributed by atoms with Gasteiger partial charge in [-0.3, -0.25) is 4.57 Å². The third-order valence-electron chi connectivity index (χ3n) is 6.91. The number of benzene rings is 2. The second-order valence-electron chi connectivity index (χ2n) is 8.78. The number of anilines is 1. The molecule has 6 nitrogen and oxygen atoms in total. The van der Waals surface area contributed by atoms with Crippen molar-refractivity contribution >= 4 is 5.69 Å². The fourth-order valence-electron chi connectivity index (χ4n) is 5.02. The maximum atomic E-state index is 9.10. The Morgan fingerprint density at radius 3 is 2.75 bits per heavy atom. The fourth-order valence-corrected chi connectivity index (χ4v) is 5.02. The van der Waals surface area contributed by atoms with E-state index in [0.717, 1.165) is 53.9 Å². The minimum absolute atomic E-state index is 0.669. The van der Waals surface area contributed by atoms with E-state index >= 15 is 0 Å². The van der Waals surface area contributed by atoms with Crippen LogP contribution in [0.4, 0.5) is 5.69 Å². The summed E-state index contributed by atoms with van der Waals surface area (Å²) in [6.45, 7) is 5.35. The normalized spacial score (nSPS) is 16.8. The van der Waals surface area contributed by atoms with Crippen molar-refractivity contribution in [2.75, 3.05) is 18.0 Å². The van der Waals surface area contributed by atoms with Crippen LogP contribution in [0, 0.1) is 17.2 Å². The van der Waals surface area contributed by atoms with Crippen molar-refractivity contribution < 1.29 is 0 Å². The molecular weight excluding hydrogens is 396 g/mol. The largest absolute Gasteiger partial charge is 0.371 e. The molecule has 0 spiro atoms. The first kappa shape index (κ1) is 18.9. The zero-order chi connectivity index (χ0) is 21.7. The fraction of sp³-hybridized carbons (Fsp3) is 0.269. The number of hydrogen-bond donors (Lipinski definition) is 0. The average molecular weight is 421 g/mol. The Balaban J connectivity index is 1.42. The van der Waals surface area contributed by atoms with Gasteiger partial charge in [0.2, 0.25) is 0 Å². The molecule has 2 aliphatic heterocycles. The summed E-state index contributed by atoms with van der Waals surface area (Å²) < 4.78 is 4.36. The molecule has 2 aliphatic rings. The molecule has 32 heavy (non-hydrogen) atoms. The molecule has 0 N–H and O–H groups in total. The van der Waals surface area contributed by atoms with Crippen LogP contribution in [-0.4, -0.2) is 32.4 Å². The molecule has 4 aromatic rings. The first-order chi connectivity index (χ1) is 15.7. The van der Waals surface area contributed by atoms with E-state index in [2.05, 4.69) is 67.7 Å². The van der Waals surface area contributed by atoms with Gasteiger partial charge in [0.15, 0.2) is 5.82 Å². The molecule has 4 heterocycles. The van der Waals surface area contributed by atoms with Gasteiger partial charge in [-0.05, 0) is 59.9 Å². The van der Waals surface area contributed by atoms with E-state index < -0.39 is 0 Å². The Morgan fingerprint density at radius 1 is 1.09 bits per heavy atom. The van der Waals surface area contributed by atoms with Crippen molar-refractivity contribution in [1.82, 2.24) is 19.3 Å². The highest BCUT2D eigenvalue weighted by Gasteiger charge is 2.25. The molecule has 0 amide bonds. The van der Waals surface area contributed by atoms with E-state index in [1.165, 1.54) is 24.1 Å². The number of aromatic nitrogens is 4. The molecule has 1 unspecified atom stereocenters. The third kappa shape index (κ3) is 3.01. The van der Waals surface area contributed by atoms with Crippen LogP contribution in [0.3, 0.4) is 0 Å². The van der Waals surface area contributed by atoms with Crippen molar-refractivity contribution in [3.63, 3.8) is 0 Å².